The number of rotatable bonds is 18. The minimum absolute atomic E-state index is 0.0301. The molecule has 194 valence electrons. The topological polar surface area (TPSA) is 243 Å². The molecule has 0 aliphatic heterocycles. The van der Waals surface area contributed by atoms with Crippen LogP contribution in [0.5, 0.6) is 0 Å². The Labute approximate surface area is 201 Å². The van der Waals surface area contributed by atoms with Crippen LogP contribution >= 0.6 is 11.8 Å². The van der Waals surface area contributed by atoms with Gasteiger partial charge in [0.25, 0.3) is 0 Å². The highest BCUT2D eigenvalue weighted by Crippen LogP contribution is 2.05. The van der Waals surface area contributed by atoms with E-state index in [2.05, 4.69) is 21.3 Å². The van der Waals surface area contributed by atoms with Crippen LogP contribution in [0.1, 0.15) is 32.6 Å². The number of amides is 4. The number of nitrogens with one attached hydrogen (secondary N) is 4. The van der Waals surface area contributed by atoms with E-state index in [9.17, 15) is 28.8 Å². The van der Waals surface area contributed by atoms with Gasteiger partial charge in [0, 0.05) is 25.3 Å². The molecule has 0 unspecified atom stereocenters. The average molecular weight is 507 g/mol. The Bertz CT molecular complexity index is 723. The zero-order valence-corrected chi connectivity index (χ0v) is 19.8. The SMILES string of the molecule is CCNC(=O)[C@@H](N)CCCNC(=O)CSC[C@H](NC(=O)CC[C@H](N)C(=O)O)C(=O)NCC(=O)O. The fourth-order valence-corrected chi connectivity index (χ4v) is 3.33. The molecule has 0 aliphatic rings. The van der Waals surface area contributed by atoms with Crippen molar-refractivity contribution >= 4 is 47.3 Å². The molecule has 0 spiro atoms. The van der Waals surface area contributed by atoms with Crippen LogP contribution in [0.4, 0.5) is 0 Å². The molecule has 0 fully saturated rings. The second-order valence-corrected chi connectivity index (χ2v) is 8.25. The van der Waals surface area contributed by atoms with Crippen LogP contribution in [0.2, 0.25) is 0 Å². The Morgan fingerprint density at radius 3 is 2.15 bits per heavy atom. The molecular formula is C19H34N6O8S. The molecule has 4 amide bonds. The van der Waals surface area contributed by atoms with Crippen LogP contribution in [-0.2, 0) is 28.8 Å². The summed E-state index contributed by atoms with van der Waals surface area (Å²) < 4.78 is 0. The van der Waals surface area contributed by atoms with Gasteiger partial charge in [-0.3, -0.25) is 28.8 Å². The Kier molecular flexibility index (Phi) is 16.0. The molecule has 0 rings (SSSR count). The Balaban J connectivity index is 4.51. The van der Waals surface area contributed by atoms with Gasteiger partial charge in [0.2, 0.25) is 23.6 Å². The van der Waals surface area contributed by atoms with Gasteiger partial charge in [-0.25, -0.2) is 0 Å². The summed E-state index contributed by atoms with van der Waals surface area (Å²) >= 11 is 1.04. The van der Waals surface area contributed by atoms with Crippen molar-refractivity contribution in [3.63, 3.8) is 0 Å². The van der Waals surface area contributed by atoms with Gasteiger partial charge in [-0.1, -0.05) is 0 Å². The summed E-state index contributed by atoms with van der Waals surface area (Å²) in [6.45, 7) is 1.91. The largest absolute Gasteiger partial charge is 0.480 e. The van der Waals surface area contributed by atoms with Crippen molar-refractivity contribution in [1.29, 1.82) is 0 Å². The van der Waals surface area contributed by atoms with E-state index in [0.29, 0.717) is 25.9 Å². The lowest BCUT2D eigenvalue weighted by Crippen LogP contribution is -2.49. The number of hydrogen-bond acceptors (Lipinski definition) is 9. The van der Waals surface area contributed by atoms with E-state index in [-0.39, 0.29) is 36.2 Å². The first kappa shape index (κ1) is 31.1. The highest BCUT2D eigenvalue weighted by molar-refractivity contribution is 8.00. The number of carbonyl (C=O) groups is 6. The van der Waals surface area contributed by atoms with Crippen molar-refractivity contribution in [2.24, 2.45) is 11.5 Å². The quantitative estimate of drug-likeness (QED) is 0.0868. The van der Waals surface area contributed by atoms with Crippen LogP contribution in [0.15, 0.2) is 0 Å². The fourth-order valence-electron chi connectivity index (χ4n) is 2.45. The van der Waals surface area contributed by atoms with Gasteiger partial charge in [-0.15, -0.1) is 11.8 Å². The van der Waals surface area contributed by atoms with Gasteiger partial charge in [0.1, 0.15) is 18.6 Å². The molecule has 14 nitrogen and oxygen atoms in total. The maximum absolute atomic E-state index is 12.2. The van der Waals surface area contributed by atoms with Crippen LogP contribution in [0.3, 0.4) is 0 Å². The number of likely N-dealkylation sites (N-methyl/N-ethyl adjacent to an activating group) is 1. The monoisotopic (exact) mass is 506 g/mol. The number of carbonyl (C=O) groups excluding carboxylic acids is 4. The number of thioether (sulfide) groups is 1. The van der Waals surface area contributed by atoms with Gasteiger partial charge in [-0.2, -0.15) is 0 Å². The molecule has 3 atom stereocenters. The zero-order chi connectivity index (χ0) is 26.1. The smallest absolute Gasteiger partial charge is 0.322 e. The lowest BCUT2D eigenvalue weighted by molar-refractivity contribution is -0.139. The van der Waals surface area contributed by atoms with E-state index in [1.54, 1.807) is 6.92 Å². The summed E-state index contributed by atoms with van der Waals surface area (Å²) in [5.74, 6) is -4.60. The third-order valence-electron chi connectivity index (χ3n) is 4.28. The summed E-state index contributed by atoms with van der Waals surface area (Å²) in [7, 11) is 0. The number of hydrogen-bond donors (Lipinski definition) is 8. The molecule has 15 heteroatoms. The average Bonchev–Trinajstić information content (AvgIpc) is 2.77. The maximum atomic E-state index is 12.2. The van der Waals surface area contributed by atoms with Crippen molar-refractivity contribution in [3.8, 4) is 0 Å². The van der Waals surface area contributed by atoms with Crippen LogP contribution in [0.25, 0.3) is 0 Å². The van der Waals surface area contributed by atoms with E-state index >= 15 is 0 Å². The highest BCUT2D eigenvalue weighted by Gasteiger charge is 2.23. The van der Waals surface area contributed by atoms with Gasteiger partial charge < -0.3 is 42.9 Å². The molecule has 0 radical (unpaired) electrons. The summed E-state index contributed by atoms with van der Waals surface area (Å²) in [5, 5.41) is 27.3. The molecule has 0 bridgehead atoms. The summed E-state index contributed by atoms with van der Waals surface area (Å²) in [5.41, 5.74) is 11.1. The minimum Gasteiger partial charge on any atom is -0.480 e. The summed E-state index contributed by atoms with van der Waals surface area (Å²) in [6.07, 6.45) is 0.482. The molecule has 34 heavy (non-hydrogen) atoms. The van der Waals surface area contributed by atoms with E-state index in [1.165, 1.54) is 0 Å². The van der Waals surface area contributed by atoms with Crippen molar-refractivity contribution in [3.05, 3.63) is 0 Å². The Morgan fingerprint density at radius 1 is 0.882 bits per heavy atom. The first-order valence-electron chi connectivity index (χ1n) is 10.6. The lowest BCUT2D eigenvalue weighted by atomic mass is 10.1. The van der Waals surface area contributed by atoms with Crippen LogP contribution < -0.4 is 32.7 Å². The standard InChI is InChI=1S/C19H34N6O8S/c1-2-22-17(30)11(20)4-3-7-23-15(27)10-34-9-13(18(31)24-8-16(28)29)25-14(26)6-5-12(21)19(32)33/h11-13H,2-10,20-21H2,1H3,(H,22,30)(H,23,27)(H,24,31)(H,25,26)(H,28,29)(H,32,33)/t11-,12-,13-/m0/s1. The first-order valence-corrected chi connectivity index (χ1v) is 11.8. The summed E-state index contributed by atoms with van der Waals surface area (Å²) in [4.78, 5) is 69.2. The molecule has 0 heterocycles. The number of aliphatic carboxylic acids is 2. The van der Waals surface area contributed by atoms with Gasteiger partial charge >= 0.3 is 11.9 Å². The van der Waals surface area contributed by atoms with Gasteiger partial charge in [0.15, 0.2) is 0 Å². The van der Waals surface area contributed by atoms with E-state index in [1.807, 2.05) is 0 Å². The van der Waals surface area contributed by atoms with E-state index in [4.69, 9.17) is 21.7 Å². The summed E-state index contributed by atoms with van der Waals surface area (Å²) in [6, 6.07) is -3.04. The number of carboxylic acids is 2. The fraction of sp³-hybridized carbons (Fsp3) is 0.684. The van der Waals surface area contributed by atoms with Crippen molar-refractivity contribution in [2.75, 3.05) is 31.1 Å². The lowest BCUT2D eigenvalue weighted by Gasteiger charge is -2.18. The zero-order valence-electron chi connectivity index (χ0n) is 19.0. The molecule has 0 aliphatic carbocycles. The molecule has 0 aromatic rings. The van der Waals surface area contributed by atoms with Gasteiger partial charge in [0.05, 0.1) is 11.8 Å². The third kappa shape index (κ3) is 15.0. The van der Waals surface area contributed by atoms with Crippen molar-refractivity contribution < 1.29 is 39.0 Å². The highest BCUT2D eigenvalue weighted by atomic mass is 32.2. The normalized spacial score (nSPS) is 13.1. The van der Waals surface area contributed by atoms with E-state index < -0.39 is 48.4 Å². The number of nitrogens with two attached hydrogens (primary N) is 2. The van der Waals surface area contributed by atoms with E-state index in [0.717, 1.165) is 11.8 Å². The maximum Gasteiger partial charge on any atom is 0.322 e. The first-order chi connectivity index (χ1) is 16.0. The predicted octanol–water partition coefficient (Wildman–Crippen LogP) is -3.04. The minimum atomic E-state index is -1.27. The second kappa shape index (κ2) is 17.6. The van der Waals surface area contributed by atoms with Gasteiger partial charge in [-0.05, 0) is 26.2 Å². The van der Waals surface area contributed by atoms with Crippen molar-refractivity contribution in [1.82, 2.24) is 21.3 Å². The third-order valence-corrected chi connectivity index (χ3v) is 5.32. The van der Waals surface area contributed by atoms with Crippen LogP contribution in [-0.4, -0.2) is 95.0 Å². The van der Waals surface area contributed by atoms with Crippen LogP contribution in [0, 0.1) is 0 Å². The predicted molar refractivity (Wildman–Crippen MR) is 124 cm³/mol. The Morgan fingerprint density at radius 2 is 1.56 bits per heavy atom. The van der Waals surface area contributed by atoms with Crippen molar-refractivity contribution in [2.45, 2.75) is 50.7 Å². The molecule has 0 aromatic heterocycles. The molecule has 0 saturated heterocycles. The molecular weight excluding hydrogens is 472 g/mol. The molecule has 0 saturated carbocycles. The molecule has 0 aromatic carbocycles. The molecule has 10 N–H and O–H groups in total. The number of carboxylic acid groups (broad SMARTS) is 2. The second-order valence-electron chi connectivity index (χ2n) is 7.22. The Hall–Kier alpha value is -2.91.